The maximum absolute atomic E-state index is 13.5. The van der Waals surface area contributed by atoms with E-state index in [1.807, 2.05) is 0 Å². The van der Waals surface area contributed by atoms with Crippen LogP contribution in [0.15, 0.2) is 11.0 Å². The first-order valence-corrected chi connectivity index (χ1v) is 5.44. The molecule has 0 aromatic carbocycles. The van der Waals surface area contributed by atoms with Gasteiger partial charge in [-0.1, -0.05) is 0 Å². The van der Waals surface area contributed by atoms with E-state index in [9.17, 15) is 19.4 Å². The zero-order valence-electron chi connectivity index (χ0n) is 9.93. The fourth-order valence-electron chi connectivity index (χ4n) is 1.87. The Kier molecular flexibility index (Phi) is 3.80. The number of ether oxygens (including phenoxy) is 2. The third kappa shape index (κ3) is 2.32. The van der Waals surface area contributed by atoms with E-state index in [4.69, 9.17) is 9.84 Å². The first-order chi connectivity index (χ1) is 8.99. The van der Waals surface area contributed by atoms with Crippen LogP contribution in [0.1, 0.15) is 6.23 Å². The molecule has 2 heterocycles. The number of aliphatic hydroxyl groups is 3. The Morgan fingerprint density at radius 1 is 1.53 bits per heavy atom. The van der Waals surface area contributed by atoms with E-state index in [1.165, 1.54) is 0 Å². The number of aromatic nitrogens is 2. The van der Waals surface area contributed by atoms with Gasteiger partial charge in [0.25, 0.3) is 5.88 Å². The lowest BCUT2D eigenvalue weighted by molar-refractivity contribution is -0.0555. The molecule has 1 aliphatic heterocycles. The van der Waals surface area contributed by atoms with Crippen molar-refractivity contribution in [2.24, 2.45) is 0 Å². The second kappa shape index (κ2) is 5.21. The Bertz CT molecular complexity index is 521. The zero-order valence-corrected chi connectivity index (χ0v) is 9.93. The summed E-state index contributed by atoms with van der Waals surface area (Å²) in [5.74, 6) is -1.40. The number of halogens is 1. The second-order valence-corrected chi connectivity index (χ2v) is 4.02. The van der Waals surface area contributed by atoms with E-state index in [2.05, 4.69) is 9.72 Å². The van der Waals surface area contributed by atoms with Crippen LogP contribution in [-0.4, -0.2) is 56.9 Å². The molecule has 0 radical (unpaired) electrons. The summed E-state index contributed by atoms with van der Waals surface area (Å²) in [6, 6.07) is 0. The van der Waals surface area contributed by atoms with Crippen LogP contribution in [0.25, 0.3) is 0 Å². The summed E-state index contributed by atoms with van der Waals surface area (Å²) in [5.41, 5.74) is -0.909. The summed E-state index contributed by atoms with van der Waals surface area (Å²) in [6.45, 7) is -0.546. The van der Waals surface area contributed by atoms with Crippen LogP contribution in [0.5, 0.6) is 5.88 Å². The number of hydrogen-bond acceptors (Lipinski definition) is 7. The van der Waals surface area contributed by atoms with Gasteiger partial charge in [0.2, 0.25) is 5.82 Å². The van der Waals surface area contributed by atoms with Crippen LogP contribution in [0.2, 0.25) is 0 Å². The van der Waals surface area contributed by atoms with Crippen LogP contribution < -0.4 is 10.4 Å². The lowest BCUT2D eigenvalue weighted by atomic mass is 10.1. The van der Waals surface area contributed by atoms with Gasteiger partial charge >= 0.3 is 5.69 Å². The van der Waals surface area contributed by atoms with E-state index in [-0.39, 0.29) is 0 Å². The Labute approximate surface area is 106 Å². The highest BCUT2D eigenvalue weighted by Crippen LogP contribution is 2.28. The molecule has 106 valence electrons. The Hall–Kier alpha value is -1.55. The van der Waals surface area contributed by atoms with E-state index in [0.29, 0.717) is 4.57 Å². The van der Waals surface area contributed by atoms with Crippen LogP contribution in [0, 0.1) is 5.82 Å². The van der Waals surface area contributed by atoms with E-state index < -0.39 is 48.5 Å². The minimum Gasteiger partial charge on any atom is -0.479 e. The van der Waals surface area contributed by atoms with Crippen molar-refractivity contribution in [3.63, 3.8) is 0 Å². The predicted molar refractivity (Wildman–Crippen MR) is 58.0 cm³/mol. The summed E-state index contributed by atoms with van der Waals surface area (Å²) >= 11 is 0. The highest BCUT2D eigenvalue weighted by Gasteiger charge is 2.44. The molecule has 1 saturated heterocycles. The smallest absolute Gasteiger partial charge is 0.353 e. The molecule has 3 N–H and O–H groups in total. The van der Waals surface area contributed by atoms with Gasteiger partial charge in [0, 0.05) is 0 Å². The summed E-state index contributed by atoms with van der Waals surface area (Å²) in [4.78, 5) is 15.0. The van der Waals surface area contributed by atoms with Gasteiger partial charge in [0.05, 0.1) is 19.9 Å². The summed E-state index contributed by atoms with van der Waals surface area (Å²) in [7, 11) is 1.15. The SMILES string of the molecule is COc1nc(=O)n([C@@H]2O[C@H](CO)[C@@H](O)[C@H]2O)cc1F. The number of methoxy groups -OCH3 is 1. The number of nitrogens with zero attached hydrogens (tertiary/aromatic N) is 2. The van der Waals surface area contributed by atoms with Crippen molar-refractivity contribution in [3.8, 4) is 5.88 Å². The monoisotopic (exact) mass is 276 g/mol. The highest BCUT2D eigenvalue weighted by molar-refractivity contribution is 5.10. The molecule has 0 saturated carbocycles. The normalized spacial score (nSPS) is 30.6. The minimum absolute atomic E-state index is 0.479. The van der Waals surface area contributed by atoms with Crippen molar-refractivity contribution in [1.82, 2.24) is 9.55 Å². The molecule has 4 atom stereocenters. The summed E-state index contributed by atoms with van der Waals surface area (Å²) < 4.78 is 23.8. The Morgan fingerprint density at radius 3 is 2.74 bits per heavy atom. The molecule has 1 aromatic rings. The average Bonchev–Trinajstić information content (AvgIpc) is 2.68. The molecule has 0 bridgehead atoms. The molecule has 1 fully saturated rings. The summed E-state index contributed by atoms with van der Waals surface area (Å²) in [5, 5.41) is 28.2. The first kappa shape index (κ1) is 13.9. The molecule has 0 spiro atoms. The average molecular weight is 276 g/mol. The van der Waals surface area contributed by atoms with Gasteiger partial charge in [0.15, 0.2) is 6.23 Å². The topological polar surface area (TPSA) is 114 Å². The van der Waals surface area contributed by atoms with Gasteiger partial charge in [-0.3, -0.25) is 4.57 Å². The van der Waals surface area contributed by atoms with Gasteiger partial charge in [-0.15, -0.1) is 0 Å². The van der Waals surface area contributed by atoms with Gasteiger partial charge in [-0.05, 0) is 0 Å². The van der Waals surface area contributed by atoms with Crippen molar-refractivity contribution in [2.75, 3.05) is 13.7 Å². The third-order valence-corrected chi connectivity index (χ3v) is 2.86. The van der Waals surface area contributed by atoms with Gasteiger partial charge in [-0.25, -0.2) is 4.79 Å². The molecule has 8 nitrogen and oxygen atoms in total. The number of hydrogen-bond donors (Lipinski definition) is 3. The van der Waals surface area contributed by atoms with Crippen LogP contribution in [-0.2, 0) is 4.74 Å². The molecule has 19 heavy (non-hydrogen) atoms. The highest BCUT2D eigenvalue weighted by atomic mass is 19.1. The van der Waals surface area contributed by atoms with Gasteiger partial charge < -0.3 is 24.8 Å². The molecule has 0 aliphatic carbocycles. The quantitative estimate of drug-likeness (QED) is 0.585. The van der Waals surface area contributed by atoms with Crippen LogP contribution in [0.4, 0.5) is 4.39 Å². The van der Waals surface area contributed by atoms with E-state index in [1.54, 1.807) is 0 Å². The number of aliphatic hydroxyl groups excluding tert-OH is 3. The van der Waals surface area contributed by atoms with Crippen molar-refractivity contribution < 1.29 is 29.2 Å². The lowest BCUT2D eigenvalue weighted by Crippen LogP contribution is -2.36. The zero-order chi connectivity index (χ0) is 14.2. The van der Waals surface area contributed by atoms with Gasteiger partial charge in [-0.2, -0.15) is 9.37 Å². The van der Waals surface area contributed by atoms with Crippen molar-refractivity contribution in [3.05, 3.63) is 22.5 Å². The standard InChI is InChI=1S/C10H13FN2O6/c1-18-8-4(11)2-13(10(17)12-8)9-7(16)6(15)5(3-14)19-9/h2,5-7,9,14-16H,3H2,1H3/t5-,6-,7-,9-/m1/s1. The fraction of sp³-hybridized carbons (Fsp3) is 0.600. The summed E-state index contributed by atoms with van der Waals surface area (Å²) in [6.07, 6.45) is -4.49. The molecular weight excluding hydrogens is 263 g/mol. The maximum atomic E-state index is 13.5. The predicted octanol–water partition coefficient (Wildman–Crippen LogP) is -2.00. The Balaban J connectivity index is 2.38. The van der Waals surface area contributed by atoms with Crippen LogP contribution >= 0.6 is 0 Å². The van der Waals surface area contributed by atoms with E-state index >= 15 is 0 Å². The molecule has 0 amide bonds. The molecule has 2 rings (SSSR count). The first-order valence-electron chi connectivity index (χ1n) is 5.44. The molecule has 1 aliphatic rings. The number of rotatable bonds is 3. The minimum atomic E-state index is -1.48. The van der Waals surface area contributed by atoms with Crippen LogP contribution in [0.3, 0.4) is 0 Å². The fourth-order valence-corrected chi connectivity index (χ4v) is 1.87. The molecule has 0 unspecified atom stereocenters. The van der Waals surface area contributed by atoms with E-state index in [0.717, 1.165) is 13.3 Å². The largest absolute Gasteiger partial charge is 0.479 e. The van der Waals surface area contributed by atoms with Crippen molar-refractivity contribution in [1.29, 1.82) is 0 Å². The third-order valence-electron chi connectivity index (χ3n) is 2.86. The maximum Gasteiger partial charge on any atom is 0.353 e. The lowest BCUT2D eigenvalue weighted by Gasteiger charge is -2.17. The molecule has 1 aromatic heterocycles. The van der Waals surface area contributed by atoms with Crippen molar-refractivity contribution in [2.45, 2.75) is 24.5 Å². The molecular formula is C10H13FN2O6. The van der Waals surface area contributed by atoms with Crippen molar-refractivity contribution >= 4 is 0 Å². The molecule has 9 heteroatoms. The second-order valence-electron chi connectivity index (χ2n) is 4.02. The Morgan fingerprint density at radius 2 is 2.21 bits per heavy atom. The van der Waals surface area contributed by atoms with Gasteiger partial charge in [0.1, 0.15) is 18.3 Å².